The minimum atomic E-state index is -1.36. The number of hydrogen-bond donors (Lipinski definition) is 0. The standard InChI is InChI=1S/C10H10FN/c1-7-10(2,11)8-5-3-4-6-9(8)12-7/h3-6H,1-2H3. The van der Waals surface area contributed by atoms with E-state index in [0.717, 1.165) is 5.69 Å². The zero-order chi connectivity index (χ0) is 8.77. The molecule has 2 heteroatoms. The van der Waals surface area contributed by atoms with Crippen LogP contribution in [0, 0.1) is 0 Å². The molecular formula is C10H10FN. The van der Waals surface area contributed by atoms with Crippen LogP contribution in [0.5, 0.6) is 0 Å². The smallest absolute Gasteiger partial charge is 0.172 e. The first-order valence-electron chi connectivity index (χ1n) is 3.96. The highest BCUT2D eigenvalue weighted by atomic mass is 19.1. The molecule has 1 aromatic carbocycles. The summed E-state index contributed by atoms with van der Waals surface area (Å²) in [5.41, 5.74) is 0.627. The van der Waals surface area contributed by atoms with Gasteiger partial charge in [-0.1, -0.05) is 18.2 Å². The molecule has 0 radical (unpaired) electrons. The lowest BCUT2D eigenvalue weighted by atomic mass is 9.96. The number of para-hydroxylation sites is 1. The van der Waals surface area contributed by atoms with Crippen molar-refractivity contribution >= 4 is 11.4 Å². The van der Waals surface area contributed by atoms with Crippen LogP contribution in [0.2, 0.25) is 0 Å². The van der Waals surface area contributed by atoms with Gasteiger partial charge in [-0.2, -0.15) is 0 Å². The van der Waals surface area contributed by atoms with Crippen LogP contribution in [-0.2, 0) is 5.67 Å². The predicted octanol–water partition coefficient (Wildman–Crippen LogP) is 2.98. The van der Waals surface area contributed by atoms with Crippen LogP contribution in [-0.4, -0.2) is 5.71 Å². The van der Waals surface area contributed by atoms with E-state index in [1.807, 2.05) is 18.2 Å². The Hall–Kier alpha value is -1.18. The van der Waals surface area contributed by atoms with E-state index in [9.17, 15) is 4.39 Å². The van der Waals surface area contributed by atoms with Gasteiger partial charge in [0.2, 0.25) is 0 Å². The van der Waals surface area contributed by atoms with Crippen LogP contribution >= 0.6 is 0 Å². The Morgan fingerprint density at radius 1 is 1.33 bits per heavy atom. The Morgan fingerprint density at radius 2 is 2.00 bits per heavy atom. The van der Waals surface area contributed by atoms with Crippen LogP contribution in [0.4, 0.5) is 10.1 Å². The van der Waals surface area contributed by atoms with E-state index in [4.69, 9.17) is 0 Å². The van der Waals surface area contributed by atoms with Crippen LogP contribution in [0.3, 0.4) is 0 Å². The summed E-state index contributed by atoms with van der Waals surface area (Å²) in [6.07, 6.45) is 0. The second-order valence-corrected chi connectivity index (χ2v) is 3.22. The zero-order valence-corrected chi connectivity index (χ0v) is 7.13. The Kier molecular flexibility index (Phi) is 1.34. The molecule has 1 atom stereocenters. The van der Waals surface area contributed by atoms with Crippen molar-refractivity contribution in [2.45, 2.75) is 19.5 Å². The number of benzene rings is 1. The maximum atomic E-state index is 13.9. The van der Waals surface area contributed by atoms with Crippen molar-refractivity contribution in [1.82, 2.24) is 0 Å². The minimum absolute atomic E-state index is 0.545. The first-order chi connectivity index (χ1) is 5.62. The average molecular weight is 163 g/mol. The Morgan fingerprint density at radius 3 is 2.67 bits per heavy atom. The first-order valence-corrected chi connectivity index (χ1v) is 3.96. The second kappa shape index (κ2) is 2.16. The fourth-order valence-electron chi connectivity index (χ4n) is 1.45. The zero-order valence-electron chi connectivity index (χ0n) is 7.13. The molecule has 1 nitrogen and oxygen atoms in total. The third-order valence-electron chi connectivity index (χ3n) is 2.38. The van der Waals surface area contributed by atoms with Crippen molar-refractivity contribution in [1.29, 1.82) is 0 Å². The van der Waals surface area contributed by atoms with E-state index < -0.39 is 5.67 Å². The average Bonchev–Trinajstić information content (AvgIpc) is 2.25. The van der Waals surface area contributed by atoms with E-state index in [1.165, 1.54) is 0 Å². The molecule has 0 fully saturated rings. The molecule has 1 aromatic rings. The van der Waals surface area contributed by atoms with Gasteiger partial charge in [-0.25, -0.2) is 4.39 Å². The van der Waals surface area contributed by atoms with Gasteiger partial charge in [0.15, 0.2) is 5.67 Å². The largest absolute Gasteiger partial charge is 0.254 e. The third kappa shape index (κ3) is 0.809. The van der Waals surface area contributed by atoms with Crippen LogP contribution in [0.25, 0.3) is 0 Å². The van der Waals surface area contributed by atoms with E-state index >= 15 is 0 Å². The summed E-state index contributed by atoms with van der Waals surface area (Å²) in [6.45, 7) is 3.28. The summed E-state index contributed by atoms with van der Waals surface area (Å²) in [4.78, 5) is 4.15. The lowest BCUT2D eigenvalue weighted by Crippen LogP contribution is -2.20. The number of fused-ring (bicyclic) bond motifs is 1. The highest BCUT2D eigenvalue weighted by Gasteiger charge is 2.36. The minimum Gasteiger partial charge on any atom is -0.254 e. The van der Waals surface area contributed by atoms with Crippen molar-refractivity contribution in [3.63, 3.8) is 0 Å². The van der Waals surface area contributed by atoms with Crippen LogP contribution < -0.4 is 0 Å². The molecule has 1 heterocycles. The normalized spacial score (nSPS) is 26.8. The molecule has 0 aromatic heterocycles. The SMILES string of the molecule is CC1=Nc2ccccc2C1(C)F. The van der Waals surface area contributed by atoms with Crippen molar-refractivity contribution in [2.24, 2.45) is 4.99 Å². The molecule has 1 aliphatic heterocycles. The fraction of sp³-hybridized carbons (Fsp3) is 0.300. The van der Waals surface area contributed by atoms with Crippen molar-refractivity contribution in [3.05, 3.63) is 29.8 Å². The Bertz CT molecular complexity index is 353. The number of rotatable bonds is 0. The molecule has 0 spiro atoms. The van der Waals surface area contributed by atoms with E-state index in [0.29, 0.717) is 11.3 Å². The molecule has 0 amide bonds. The highest BCUT2D eigenvalue weighted by molar-refractivity contribution is 5.98. The fourth-order valence-corrected chi connectivity index (χ4v) is 1.45. The van der Waals surface area contributed by atoms with Gasteiger partial charge in [0.25, 0.3) is 0 Å². The Balaban J connectivity index is 2.66. The second-order valence-electron chi connectivity index (χ2n) is 3.22. The van der Waals surface area contributed by atoms with Gasteiger partial charge in [0, 0.05) is 5.56 Å². The molecular weight excluding hydrogens is 153 g/mol. The van der Waals surface area contributed by atoms with Crippen molar-refractivity contribution in [2.75, 3.05) is 0 Å². The van der Waals surface area contributed by atoms with Gasteiger partial charge in [-0.3, -0.25) is 4.99 Å². The Labute approximate surface area is 70.9 Å². The lowest BCUT2D eigenvalue weighted by molar-refractivity contribution is 0.296. The summed E-state index contributed by atoms with van der Waals surface area (Å²) in [5, 5.41) is 0. The van der Waals surface area contributed by atoms with E-state index in [2.05, 4.69) is 4.99 Å². The molecule has 1 aliphatic rings. The summed E-state index contributed by atoms with van der Waals surface area (Å²) in [6, 6.07) is 7.33. The highest BCUT2D eigenvalue weighted by Crippen LogP contribution is 2.40. The lowest BCUT2D eigenvalue weighted by Gasteiger charge is -2.14. The summed E-state index contributed by atoms with van der Waals surface area (Å²) in [7, 11) is 0. The van der Waals surface area contributed by atoms with Gasteiger partial charge in [0.1, 0.15) is 0 Å². The predicted molar refractivity (Wildman–Crippen MR) is 47.7 cm³/mol. The van der Waals surface area contributed by atoms with Crippen LogP contribution in [0.15, 0.2) is 29.3 Å². The molecule has 62 valence electrons. The third-order valence-corrected chi connectivity index (χ3v) is 2.38. The molecule has 2 rings (SSSR count). The number of nitrogens with zero attached hydrogens (tertiary/aromatic N) is 1. The van der Waals surface area contributed by atoms with E-state index in [-0.39, 0.29) is 0 Å². The van der Waals surface area contributed by atoms with Gasteiger partial charge in [0.05, 0.1) is 11.4 Å². The van der Waals surface area contributed by atoms with E-state index in [1.54, 1.807) is 19.9 Å². The first kappa shape index (κ1) is 7.47. The number of halogens is 1. The molecule has 0 aliphatic carbocycles. The quantitative estimate of drug-likeness (QED) is 0.557. The van der Waals surface area contributed by atoms with Gasteiger partial charge >= 0.3 is 0 Å². The number of hydrogen-bond acceptors (Lipinski definition) is 1. The summed E-state index contributed by atoms with van der Waals surface area (Å²) >= 11 is 0. The van der Waals surface area contributed by atoms with Gasteiger partial charge in [-0.05, 0) is 19.9 Å². The molecule has 0 bridgehead atoms. The molecule has 12 heavy (non-hydrogen) atoms. The van der Waals surface area contributed by atoms with Crippen LogP contribution in [0.1, 0.15) is 19.4 Å². The molecule has 0 N–H and O–H groups in total. The molecule has 0 saturated carbocycles. The number of aliphatic imine (C=N–C) groups is 1. The van der Waals surface area contributed by atoms with Gasteiger partial charge < -0.3 is 0 Å². The monoisotopic (exact) mass is 163 g/mol. The van der Waals surface area contributed by atoms with Gasteiger partial charge in [-0.15, -0.1) is 0 Å². The maximum Gasteiger partial charge on any atom is 0.172 e. The van der Waals surface area contributed by atoms with Crippen molar-refractivity contribution < 1.29 is 4.39 Å². The summed E-state index contributed by atoms with van der Waals surface area (Å²) < 4.78 is 13.9. The maximum absolute atomic E-state index is 13.9. The molecule has 1 unspecified atom stereocenters. The topological polar surface area (TPSA) is 12.4 Å². The number of alkyl halides is 1. The molecule has 0 saturated heterocycles. The van der Waals surface area contributed by atoms with Crippen molar-refractivity contribution in [3.8, 4) is 0 Å². The summed E-state index contributed by atoms with van der Waals surface area (Å²) in [5.74, 6) is 0.